The number of alkyl halides is 2. The van der Waals surface area contributed by atoms with Crippen LogP contribution in [0.1, 0.15) is 117 Å². The van der Waals surface area contributed by atoms with Gasteiger partial charge in [0.15, 0.2) is 0 Å². The number of amides is 1. The molecule has 0 spiro atoms. The topological polar surface area (TPSA) is 63.1 Å². The predicted octanol–water partition coefficient (Wildman–Crippen LogP) is 6.63. The first-order chi connectivity index (χ1) is 18.0. The van der Waals surface area contributed by atoms with Gasteiger partial charge in [-0.25, -0.2) is 8.78 Å². The molecule has 6 nitrogen and oxygen atoms in total. The Kier molecular flexibility index (Phi) is 7.98. The quantitative estimate of drug-likeness (QED) is 0.403. The van der Waals surface area contributed by atoms with Crippen molar-refractivity contribution in [3.05, 3.63) is 33.0 Å². The molecule has 1 saturated carbocycles. The average Bonchev–Trinajstić information content (AvgIpc) is 3.48. The Hall–Kier alpha value is -1.87. The summed E-state index contributed by atoms with van der Waals surface area (Å²) in [5.74, 6) is -0.534. The fourth-order valence-electron chi connectivity index (χ4n) is 7.20. The Morgan fingerprint density at radius 1 is 1.08 bits per heavy atom. The molecule has 1 amide bonds. The Bertz CT molecular complexity index is 1120. The summed E-state index contributed by atoms with van der Waals surface area (Å²) >= 11 is 1.75. The van der Waals surface area contributed by atoms with Crippen LogP contribution < -0.4 is 5.32 Å². The molecule has 2 saturated heterocycles. The number of piperidine rings is 1. The maximum absolute atomic E-state index is 13.7. The van der Waals surface area contributed by atoms with E-state index in [4.69, 9.17) is 0 Å². The van der Waals surface area contributed by atoms with Gasteiger partial charge >= 0.3 is 0 Å². The minimum absolute atomic E-state index is 0.0538. The number of nitrogens with one attached hydrogen (secondary N) is 1. The lowest BCUT2D eigenvalue weighted by molar-refractivity contribution is -0.130. The third-order valence-electron chi connectivity index (χ3n) is 9.11. The number of halogens is 2. The maximum Gasteiger partial charge on any atom is 0.248 e. The van der Waals surface area contributed by atoms with Crippen molar-refractivity contribution in [2.45, 2.75) is 128 Å². The van der Waals surface area contributed by atoms with Crippen LogP contribution in [0.2, 0.25) is 0 Å². The zero-order chi connectivity index (χ0) is 27.2. The van der Waals surface area contributed by atoms with E-state index in [1.165, 1.54) is 28.2 Å². The summed E-state index contributed by atoms with van der Waals surface area (Å²) in [5.41, 5.74) is 1.21. The second kappa shape index (κ2) is 11.0. The normalized spacial score (nSPS) is 26.7. The molecule has 2 aromatic heterocycles. The summed E-state index contributed by atoms with van der Waals surface area (Å²) in [6, 6.07) is 3.61. The Morgan fingerprint density at radius 3 is 2.32 bits per heavy atom. The van der Waals surface area contributed by atoms with Gasteiger partial charge in [-0.2, -0.15) is 0 Å². The Balaban J connectivity index is 1.26. The second-order valence-electron chi connectivity index (χ2n) is 12.3. The summed E-state index contributed by atoms with van der Waals surface area (Å²) in [6.45, 7) is 11.6. The maximum atomic E-state index is 13.7. The van der Waals surface area contributed by atoms with Crippen molar-refractivity contribution in [2.75, 3.05) is 6.54 Å². The molecule has 2 bridgehead atoms. The van der Waals surface area contributed by atoms with Crippen molar-refractivity contribution in [2.24, 2.45) is 5.92 Å². The first-order valence-corrected chi connectivity index (χ1v) is 15.3. The molecule has 210 valence electrons. The van der Waals surface area contributed by atoms with Crippen molar-refractivity contribution in [1.82, 2.24) is 25.0 Å². The number of fused-ring (bicyclic) bond motifs is 2. The molecular formula is C29H43F2N5OS. The smallest absolute Gasteiger partial charge is 0.248 e. The fourth-order valence-corrected chi connectivity index (χ4v) is 8.32. The number of hydrogen-bond acceptors (Lipinski definition) is 5. The van der Waals surface area contributed by atoms with Gasteiger partial charge in [0.2, 0.25) is 11.8 Å². The van der Waals surface area contributed by atoms with Gasteiger partial charge < -0.3 is 9.88 Å². The number of hydrogen-bond donors (Lipinski definition) is 1. The highest BCUT2D eigenvalue weighted by Crippen LogP contribution is 2.43. The van der Waals surface area contributed by atoms with Crippen molar-refractivity contribution >= 4 is 17.2 Å². The SMILES string of the molecule is Cc1cc(C)c([C@H](CCN2[C@@H]3CC[C@H]2CC(n2c(C)nnc2C(C)C)C3)NC(=O)C2CCC(F)(F)CC2)s1. The molecule has 4 atom stereocenters. The van der Waals surface area contributed by atoms with Gasteiger partial charge in [-0.05, 0) is 77.3 Å². The summed E-state index contributed by atoms with van der Waals surface area (Å²) in [4.78, 5) is 18.3. The highest BCUT2D eigenvalue weighted by molar-refractivity contribution is 7.12. The Labute approximate surface area is 229 Å². The zero-order valence-corrected chi connectivity index (χ0v) is 24.3. The van der Waals surface area contributed by atoms with Crippen LogP contribution in [0.4, 0.5) is 8.78 Å². The van der Waals surface area contributed by atoms with Crippen LogP contribution in [0.5, 0.6) is 0 Å². The summed E-state index contributed by atoms with van der Waals surface area (Å²) in [7, 11) is 0. The van der Waals surface area contributed by atoms with Crippen LogP contribution in [0.25, 0.3) is 0 Å². The summed E-state index contributed by atoms with van der Waals surface area (Å²) in [6.07, 6.45) is 5.66. The van der Waals surface area contributed by atoms with Crippen molar-refractivity contribution in [3.8, 4) is 0 Å². The molecule has 5 rings (SSSR count). The van der Waals surface area contributed by atoms with E-state index < -0.39 is 5.92 Å². The molecule has 0 aromatic carbocycles. The largest absolute Gasteiger partial charge is 0.348 e. The van der Waals surface area contributed by atoms with E-state index in [2.05, 4.69) is 65.7 Å². The molecule has 1 aliphatic carbocycles. The van der Waals surface area contributed by atoms with Crippen LogP contribution in [-0.2, 0) is 4.79 Å². The van der Waals surface area contributed by atoms with Gasteiger partial charge in [-0.3, -0.25) is 9.69 Å². The number of rotatable bonds is 8. The first kappa shape index (κ1) is 27.7. The zero-order valence-electron chi connectivity index (χ0n) is 23.5. The molecule has 9 heteroatoms. The molecule has 2 aromatic rings. The number of aryl methyl sites for hydroxylation is 3. The van der Waals surface area contributed by atoms with E-state index in [1.807, 2.05) is 0 Å². The van der Waals surface area contributed by atoms with Crippen molar-refractivity contribution in [1.29, 1.82) is 0 Å². The number of nitrogens with zero attached hydrogens (tertiary/aromatic N) is 4. The van der Waals surface area contributed by atoms with Crippen LogP contribution in [0, 0.1) is 26.7 Å². The Morgan fingerprint density at radius 2 is 1.74 bits per heavy atom. The molecule has 1 unspecified atom stereocenters. The van der Waals surface area contributed by atoms with E-state index in [-0.39, 0.29) is 43.6 Å². The first-order valence-electron chi connectivity index (χ1n) is 14.4. The van der Waals surface area contributed by atoms with Gasteiger partial charge in [-0.1, -0.05) is 13.8 Å². The van der Waals surface area contributed by atoms with E-state index in [0.717, 1.165) is 37.5 Å². The lowest BCUT2D eigenvalue weighted by Gasteiger charge is -2.40. The van der Waals surface area contributed by atoms with Crippen LogP contribution >= 0.6 is 11.3 Å². The molecule has 4 heterocycles. The van der Waals surface area contributed by atoms with Crippen molar-refractivity contribution < 1.29 is 13.6 Å². The third-order valence-corrected chi connectivity index (χ3v) is 10.4. The summed E-state index contributed by atoms with van der Waals surface area (Å²) in [5, 5.41) is 12.2. The molecular weight excluding hydrogens is 504 g/mol. The lowest BCUT2D eigenvalue weighted by Crippen LogP contribution is -2.45. The van der Waals surface area contributed by atoms with Crippen LogP contribution in [0.15, 0.2) is 6.07 Å². The minimum Gasteiger partial charge on any atom is -0.348 e. The number of carbonyl (C=O) groups excluding carboxylic acids is 1. The molecule has 38 heavy (non-hydrogen) atoms. The number of thiophene rings is 1. The lowest BCUT2D eigenvalue weighted by atomic mass is 9.86. The fraction of sp³-hybridized carbons (Fsp3) is 0.759. The standard InChI is InChI=1S/C29H43F2N5OS/c1-17(2)27-34-33-20(5)36(27)24-15-22-6-7-23(16-24)35(22)13-10-25(26-18(3)14-19(4)38-26)32-28(37)21-8-11-29(30,31)12-9-21/h14,17,21-25H,6-13,15-16H2,1-5H3,(H,32,37)/t22-,23+,24?,25-/m0/s1. The van der Waals surface area contributed by atoms with Crippen LogP contribution in [0.3, 0.4) is 0 Å². The second-order valence-corrected chi connectivity index (χ2v) is 13.6. The van der Waals surface area contributed by atoms with E-state index in [9.17, 15) is 13.6 Å². The molecule has 2 aliphatic heterocycles. The third kappa shape index (κ3) is 5.69. The minimum atomic E-state index is -2.62. The highest BCUT2D eigenvalue weighted by atomic mass is 32.1. The predicted molar refractivity (Wildman–Crippen MR) is 147 cm³/mol. The molecule has 3 aliphatic rings. The number of aromatic nitrogens is 3. The molecule has 1 N–H and O–H groups in total. The number of carbonyl (C=O) groups is 1. The monoisotopic (exact) mass is 547 g/mol. The van der Waals surface area contributed by atoms with Gasteiger partial charge in [-0.15, -0.1) is 21.5 Å². The van der Waals surface area contributed by atoms with Crippen LogP contribution in [-0.4, -0.2) is 50.1 Å². The van der Waals surface area contributed by atoms with Gasteiger partial charge in [0.05, 0.1) is 6.04 Å². The van der Waals surface area contributed by atoms with E-state index >= 15 is 0 Å². The molecule has 3 fully saturated rings. The van der Waals surface area contributed by atoms with Gasteiger partial charge in [0, 0.05) is 59.1 Å². The van der Waals surface area contributed by atoms with Crippen molar-refractivity contribution in [3.63, 3.8) is 0 Å². The summed E-state index contributed by atoms with van der Waals surface area (Å²) < 4.78 is 29.8. The van der Waals surface area contributed by atoms with Gasteiger partial charge in [0.25, 0.3) is 0 Å². The molecule has 0 radical (unpaired) electrons. The average molecular weight is 548 g/mol. The van der Waals surface area contributed by atoms with E-state index in [0.29, 0.717) is 24.0 Å². The highest BCUT2D eigenvalue weighted by Gasteiger charge is 2.43. The van der Waals surface area contributed by atoms with Gasteiger partial charge in [0.1, 0.15) is 11.6 Å². The van der Waals surface area contributed by atoms with E-state index in [1.54, 1.807) is 11.3 Å².